The van der Waals surface area contributed by atoms with E-state index in [0.717, 1.165) is 0 Å². The van der Waals surface area contributed by atoms with E-state index in [9.17, 15) is 4.79 Å². The SMILES string of the molecule is COCCN(CCO)CC(=O)N(C)C. The number of rotatable bonds is 7. The maximum absolute atomic E-state index is 11.4. The van der Waals surface area contributed by atoms with Crippen LogP contribution >= 0.6 is 0 Å². The summed E-state index contributed by atoms with van der Waals surface area (Å²) in [5.41, 5.74) is 0. The molecule has 5 nitrogen and oxygen atoms in total. The van der Waals surface area contributed by atoms with Crippen LogP contribution in [0.25, 0.3) is 0 Å². The van der Waals surface area contributed by atoms with Gasteiger partial charge in [0.1, 0.15) is 0 Å². The summed E-state index contributed by atoms with van der Waals surface area (Å²) in [6.07, 6.45) is 0. The summed E-state index contributed by atoms with van der Waals surface area (Å²) < 4.78 is 4.91. The van der Waals surface area contributed by atoms with Crippen molar-refractivity contribution in [3.8, 4) is 0 Å². The zero-order valence-corrected chi connectivity index (χ0v) is 9.19. The number of aliphatic hydroxyl groups is 1. The van der Waals surface area contributed by atoms with Crippen LogP contribution in [0.2, 0.25) is 0 Å². The molecule has 0 spiro atoms. The van der Waals surface area contributed by atoms with Crippen molar-refractivity contribution in [2.45, 2.75) is 0 Å². The second-order valence-electron chi connectivity index (χ2n) is 3.28. The van der Waals surface area contributed by atoms with Crippen molar-refractivity contribution in [3.05, 3.63) is 0 Å². The Morgan fingerprint density at radius 1 is 1.36 bits per heavy atom. The molecule has 1 N–H and O–H groups in total. The molecule has 0 atom stereocenters. The summed E-state index contributed by atoms with van der Waals surface area (Å²) in [5.74, 6) is 0.0366. The Morgan fingerprint density at radius 3 is 2.43 bits per heavy atom. The molecule has 0 bridgehead atoms. The van der Waals surface area contributed by atoms with Gasteiger partial charge in [-0.15, -0.1) is 0 Å². The quantitative estimate of drug-likeness (QED) is 0.579. The zero-order chi connectivity index (χ0) is 11.0. The molecular weight excluding hydrogens is 184 g/mol. The molecule has 0 aliphatic carbocycles. The fraction of sp³-hybridized carbons (Fsp3) is 0.889. The van der Waals surface area contributed by atoms with E-state index < -0.39 is 0 Å². The van der Waals surface area contributed by atoms with Crippen molar-refractivity contribution >= 4 is 5.91 Å². The lowest BCUT2D eigenvalue weighted by atomic mass is 10.4. The average Bonchev–Trinajstić information content (AvgIpc) is 2.14. The highest BCUT2D eigenvalue weighted by Gasteiger charge is 2.10. The van der Waals surface area contributed by atoms with Crippen LogP contribution in [0.15, 0.2) is 0 Å². The molecule has 0 rings (SSSR count). The van der Waals surface area contributed by atoms with Gasteiger partial charge in [0.2, 0.25) is 5.91 Å². The van der Waals surface area contributed by atoms with Gasteiger partial charge in [0, 0.05) is 34.3 Å². The van der Waals surface area contributed by atoms with E-state index in [1.807, 2.05) is 4.90 Å². The third-order valence-corrected chi connectivity index (χ3v) is 1.89. The number of methoxy groups -OCH3 is 1. The van der Waals surface area contributed by atoms with Crippen LogP contribution in [0.5, 0.6) is 0 Å². The number of carbonyl (C=O) groups is 1. The molecular formula is C9H20N2O3. The molecule has 0 aromatic carbocycles. The molecule has 0 saturated heterocycles. The molecule has 0 aliphatic rings. The maximum Gasteiger partial charge on any atom is 0.236 e. The van der Waals surface area contributed by atoms with Crippen LogP contribution < -0.4 is 0 Å². The van der Waals surface area contributed by atoms with E-state index in [1.54, 1.807) is 21.2 Å². The smallest absolute Gasteiger partial charge is 0.236 e. The Balaban J connectivity index is 3.88. The average molecular weight is 204 g/mol. The molecule has 0 aromatic rings. The summed E-state index contributed by atoms with van der Waals surface area (Å²) >= 11 is 0. The van der Waals surface area contributed by atoms with Gasteiger partial charge in [0.15, 0.2) is 0 Å². The fourth-order valence-electron chi connectivity index (χ4n) is 0.964. The van der Waals surface area contributed by atoms with Crippen molar-refractivity contribution in [2.75, 3.05) is 54.1 Å². The molecule has 0 aliphatic heterocycles. The summed E-state index contributed by atoms with van der Waals surface area (Å²) in [5, 5.41) is 8.78. The number of ether oxygens (including phenoxy) is 1. The van der Waals surface area contributed by atoms with Crippen LogP contribution in [0, 0.1) is 0 Å². The van der Waals surface area contributed by atoms with E-state index in [4.69, 9.17) is 9.84 Å². The third-order valence-electron chi connectivity index (χ3n) is 1.89. The summed E-state index contributed by atoms with van der Waals surface area (Å²) in [4.78, 5) is 14.8. The first-order valence-corrected chi connectivity index (χ1v) is 4.64. The van der Waals surface area contributed by atoms with Crippen LogP contribution in [0.1, 0.15) is 0 Å². The molecule has 14 heavy (non-hydrogen) atoms. The van der Waals surface area contributed by atoms with Crippen molar-refractivity contribution in [3.63, 3.8) is 0 Å². The van der Waals surface area contributed by atoms with E-state index in [1.165, 1.54) is 4.90 Å². The Labute approximate surface area is 85.2 Å². The Kier molecular flexibility index (Phi) is 7.37. The van der Waals surface area contributed by atoms with Crippen molar-refractivity contribution in [1.82, 2.24) is 9.80 Å². The largest absolute Gasteiger partial charge is 0.395 e. The number of aliphatic hydroxyl groups excluding tert-OH is 1. The summed E-state index contributed by atoms with van der Waals surface area (Å²) in [6.45, 7) is 2.13. The molecule has 0 fully saturated rings. The number of hydrogen-bond donors (Lipinski definition) is 1. The lowest BCUT2D eigenvalue weighted by Gasteiger charge is -2.22. The fourth-order valence-corrected chi connectivity index (χ4v) is 0.964. The van der Waals surface area contributed by atoms with E-state index in [0.29, 0.717) is 26.2 Å². The third kappa shape index (κ3) is 5.90. The van der Waals surface area contributed by atoms with Crippen molar-refractivity contribution in [1.29, 1.82) is 0 Å². The molecule has 0 radical (unpaired) electrons. The molecule has 0 unspecified atom stereocenters. The minimum atomic E-state index is 0.0366. The van der Waals surface area contributed by atoms with Crippen LogP contribution in [0.3, 0.4) is 0 Å². The van der Waals surface area contributed by atoms with Crippen LogP contribution in [-0.4, -0.2) is 74.9 Å². The summed E-state index contributed by atoms with van der Waals surface area (Å²) in [7, 11) is 5.05. The standard InChI is InChI=1S/C9H20N2O3/c1-10(2)9(13)8-11(4-6-12)5-7-14-3/h12H,4-8H2,1-3H3. The van der Waals surface area contributed by atoms with Crippen LogP contribution in [-0.2, 0) is 9.53 Å². The highest BCUT2D eigenvalue weighted by Crippen LogP contribution is 1.90. The zero-order valence-electron chi connectivity index (χ0n) is 9.19. The molecule has 0 aromatic heterocycles. The van der Waals surface area contributed by atoms with E-state index >= 15 is 0 Å². The summed E-state index contributed by atoms with van der Waals surface area (Å²) in [6, 6.07) is 0. The molecule has 84 valence electrons. The second-order valence-corrected chi connectivity index (χ2v) is 3.28. The van der Waals surface area contributed by atoms with Gasteiger partial charge in [-0.2, -0.15) is 0 Å². The van der Waals surface area contributed by atoms with Crippen molar-refractivity contribution < 1.29 is 14.6 Å². The highest BCUT2D eigenvalue weighted by atomic mass is 16.5. The number of likely N-dealkylation sites (N-methyl/N-ethyl adjacent to an activating group) is 1. The monoisotopic (exact) mass is 204 g/mol. The Hall–Kier alpha value is -0.650. The number of amides is 1. The first-order chi connectivity index (χ1) is 6.61. The van der Waals surface area contributed by atoms with Crippen LogP contribution in [0.4, 0.5) is 0 Å². The predicted molar refractivity (Wildman–Crippen MR) is 54.1 cm³/mol. The van der Waals surface area contributed by atoms with Gasteiger partial charge in [0.25, 0.3) is 0 Å². The first kappa shape index (κ1) is 13.4. The Morgan fingerprint density at radius 2 is 2.00 bits per heavy atom. The number of nitrogens with zero attached hydrogens (tertiary/aromatic N) is 2. The molecule has 0 heterocycles. The maximum atomic E-state index is 11.4. The number of hydrogen-bond acceptors (Lipinski definition) is 4. The predicted octanol–water partition coefficient (Wildman–Crippen LogP) is -0.985. The second kappa shape index (κ2) is 7.73. The Bertz CT molecular complexity index is 162. The van der Waals surface area contributed by atoms with Gasteiger partial charge in [-0.1, -0.05) is 0 Å². The van der Waals surface area contributed by atoms with Gasteiger partial charge in [-0.25, -0.2) is 0 Å². The van der Waals surface area contributed by atoms with Crippen molar-refractivity contribution in [2.24, 2.45) is 0 Å². The minimum absolute atomic E-state index is 0.0366. The van der Waals surface area contributed by atoms with Gasteiger partial charge in [0.05, 0.1) is 19.8 Å². The molecule has 1 amide bonds. The van der Waals surface area contributed by atoms with E-state index in [2.05, 4.69) is 0 Å². The lowest BCUT2D eigenvalue weighted by molar-refractivity contribution is -0.130. The highest BCUT2D eigenvalue weighted by molar-refractivity contribution is 5.77. The lowest BCUT2D eigenvalue weighted by Crippen LogP contribution is -2.39. The van der Waals surface area contributed by atoms with E-state index in [-0.39, 0.29) is 12.5 Å². The van der Waals surface area contributed by atoms with Gasteiger partial charge >= 0.3 is 0 Å². The van der Waals surface area contributed by atoms with Gasteiger partial charge in [-0.3, -0.25) is 9.69 Å². The van der Waals surface area contributed by atoms with Gasteiger partial charge in [-0.05, 0) is 0 Å². The molecule has 0 saturated carbocycles. The number of carbonyl (C=O) groups excluding carboxylic acids is 1. The normalized spacial score (nSPS) is 10.6. The first-order valence-electron chi connectivity index (χ1n) is 4.64. The molecule has 5 heteroatoms. The van der Waals surface area contributed by atoms with Gasteiger partial charge < -0.3 is 14.7 Å². The topological polar surface area (TPSA) is 53.0 Å². The minimum Gasteiger partial charge on any atom is -0.395 e.